The Morgan fingerprint density at radius 1 is 1.26 bits per heavy atom. The minimum atomic E-state index is -1.57. The minimum absolute atomic E-state index is 0.0218. The average Bonchev–Trinajstić information content (AvgIpc) is 2.87. The van der Waals surface area contributed by atoms with Gasteiger partial charge in [-0.05, 0) is 63.0 Å². The molecule has 5 nitrogen and oxygen atoms in total. The topological polar surface area (TPSA) is 94.8 Å². The van der Waals surface area contributed by atoms with Crippen LogP contribution in [0.2, 0.25) is 0 Å². The average molecular weight is 374 g/mol. The monoisotopic (exact) mass is 374 g/mol. The molecule has 27 heavy (non-hydrogen) atoms. The summed E-state index contributed by atoms with van der Waals surface area (Å²) in [5.74, 6) is -0.225. The zero-order chi connectivity index (χ0) is 19.8. The highest BCUT2D eigenvalue weighted by Gasteiger charge is 2.68. The van der Waals surface area contributed by atoms with E-state index >= 15 is 0 Å². The van der Waals surface area contributed by atoms with Gasteiger partial charge < -0.3 is 15.3 Å². The lowest BCUT2D eigenvalue weighted by atomic mass is 9.45. The maximum atomic E-state index is 12.4. The first-order valence-electron chi connectivity index (χ1n) is 10.1. The van der Waals surface area contributed by atoms with E-state index in [1.54, 1.807) is 12.2 Å². The number of aliphatic hydroxyl groups is 3. The third-order valence-electron chi connectivity index (χ3n) is 8.79. The zero-order valence-corrected chi connectivity index (χ0v) is 16.4. The molecule has 5 heteroatoms. The Bertz CT molecular complexity index is 767. The number of Topliss-reactive ketones (excluding diaryl/α,β-unsaturated/α-hetero) is 1. The first-order valence-corrected chi connectivity index (χ1v) is 10.1. The summed E-state index contributed by atoms with van der Waals surface area (Å²) in [6, 6.07) is 0. The highest BCUT2D eigenvalue weighted by Crippen LogP contribution is 2.67. The Morgan fingerprint density at radius 3 is 2.63 bits per heavy atom. The van der Waals surface area contributed by atoms with Crippen LogP contribution in [-0.4, -0.2) is 45.2 Å². The van der Waals surface area contributed by atoms with Crippen LogP contribution in [0.3, 0.4) is 0 Å². The largest absolute Gasteiger partial charge is 0.393 e. The quantitative estimate of drug-likeness (QED) is 0.687. The number of rotatable bonds is 2. The van der Waals surface area contributed by atoms with Gasteiger partial charge in [-0.1, -0.05) is 25.0 Å². The van der Waals surface area contributed by atoms with Crippen LogP contribution < -0.4 is 0 Å². The Kier molecular flexibility index (Phi) is 4.12. The van der Waals surface area contributed by atoms with Crippen molar-refractivity contribution < 1.29 is 24.9 Å². The fourth-order valence-corrected chi connectivity index (χ4v) is 7.27. The Hall–Kier alpha value is -1.30. The van der Waals surface area contributed by atoms with Crippen LogP contribution >= 0.6 is 0 Å². The number of ketones is 2. The molecule has 148 valence electrons. The molecule has 4 aliphatic rings. The van der Waals surface area contributed by atoms with E-state index in [-0.39, 0.29) is 29.0 Å². The molecule has 0 aromatic carbocycles. The third-order valence-corrected chi connectivity index (χ3v) is 8.79. The van der Waals surface area contributed by atoms with Crippen molar-refractivity contribution in [2.45, 2.75) is 64.6 Å². The maximum absolute atomic E-state index is 12.4. The lowest BCUT2D eigenvalue weighted by Crippen LogP contribution is -2.62. The molecule has 0 radical (unpaired) electrons. The molecule has 0 amide bonds. The number of aliphatic hydroxyl groups excluding tert-OH is 2. The molecule has 4 aliphatic carbocycles. The zero-order valence-electron chi connectivity index (χ0n) is 16.4. The molecule has 0 aliphatic heterocycles. The highest BCUT2D eigenvalue weighted by molar-refractivity contribution is 6.02. The summed E-state index contributed by atoms with van der Waals surface area (Å²) in [6.07, 6.45) is 5.83. The van der Waals surface area contributed by atoms with Gasteiger partial charge in [-0.3, -0.25) is 9.59 Å². The predicted molar refractivity (Wildman–Crippen MR) is 99.7 cm³/mol. The fourth-order valence-electron chi connectivity index (χ4n) is 7.27. The van der Waals surface area contributed by atoms with E-state index in [9.17, 15) is 24.9 Å². The smallest absolute Gasteiger partial charge is 0.190 e. The Balaban J connectivity index is 1.77. The molecule has 0 spiro atoms. The summed E-state index contributed by atoms with van der Waals surface area (Å²) in [6.45, 7) is 5.37. The molecule has 0 saturated heterocycles. The first-order chi connectivity index (χ1) is 12.6. The lowest BCUT2D eigenvalue weighted by Gasteiger charge is -2.60. The summed E-state index contributed by atoms with van der Waals surface area (Å²) in [5.41, 5.74) is -0.534. The van der Waals surface area contributed by atoms with Gasteiger partial charge in [0.2, 0.25) is 0 Å². The SMILES string of the molecule is CC1=CC(=O)C=C2CC[C@H]3[C@@H]([C@H](O)C[C@@]4(C)[C@@H]3CC[C@]4(O)C(=O)CO)[C@@]12C. The molecule has 0 aromatic rings. The van der Waals surface area contributed by atoms with Crippen molar-refractivity contribution in [1.29, 1.82) is 0 Å². The number of hydrogen-bond acceptors (Lipinski definition) is 5. The van der Waals surface area contributed by atoms with Gasteiger partial charge in [0.25, 0.3) is 0 Å². The van der Waals surface area contributed by atoms with E-state index in [0.29, 0.717) is 12.8 Å². The summed E-state index contributed by atoms with van der Waals surface area (Å²) < 4.78 is 0. The van der Waals surface area contributed by atoms with Gasteiger partial charge >= 0.3 is 0 Å². The third kappa shape index (κ3) is 2.22. The van der Waals surface area contributed by atoms with E-state index in [1.807, 2.05) is 13.8 Å². The molecule has 0 heterocycles. The van der Waals surface area contributed by atoms with E-state index in [0.717, 1.165) is 30.4 Å². The van der Waals surface area contributed by atoms with Crippen molar-refractivity contribution in [3.63, 3.8) is 0 Å². The van der Waals surface area contributed by atoms with Crippen LogP contribution in [0.4, 0.5) is 0 Å². The second kappa shape index (κ2) is 5.85. The van der Waals surface area contributed by atoms with E-state index in [1.165, 1.54) is 0 Å². The van der Waals surface area contributed by atoms with Crippen molar-refractivity contribution in [2.75, 3.05) is 6.61 Å². The minimum Gasteiger partial charge on any atom is -0.393 e. The van der Waals surface area contributed by atoms with Crippen molar-refractivity contribution in [3.8, 4) is 0 Å². The molecule has 3 fully saturated rings. The van der Waals surface area contributed by atoms with E-state index in [2.05, 4.69) is 6.92 Å². The standard InChI is InChI=1S/C22H30O5/c1-12-8-14(24)9-13-4-5-15-16-6-7-22(27,18(26)11-23)20(16,2)10-17(25)19(15)21(12,13)3/h8-9,15-17,19,23,25,27H,4-7,10-11H2,1-3H3/t15-,16-,17-,19+,20+,21+,22+/m1/s1. The molecule has 0 aromatic heterocycles. The highest BCUT2D eigenvalue weighted by atomic mass is 16.3. The van der Waals surface area contributed by atoms with Crippen molar-refractivity contribution >= 4 is 11.6 Å². The molecular weight excluding hydrogens is 344 g/mol. The molecule has 3 saturated carbocycles. The molecule has 3 N–H and O–H groups in total. The van der Waals surface area contributed by atoms with Crippen LogP contribution in [0, 0.1) is 28.6 Å². The molecule has 7 atom stereocenters. The van der Waals surface area contributed by atoms with Crippen molar-refractivity contribution in [2.24, 2.45) is 28.6 Å². The van der Waals surface area contributed by atoms with Gasteiger partial charge in [0.05, 0.1) is 6.10 Å². The van der Waals surface area contributed by atoms with Gasteiger partial charge in [0.15, 0.2) is 11.6 Å². The van der Waals surface area contributed by atoms with E-state index in [4.69, 9.17) is 0 Å². The summed E-state index contributed by atoms with van der Waals surface area (Å²) in [4.78, 5) is 24.4. The van der Waals surface area contributed by atoms with Gasteiger partial charge in [-0.2, -0.15) is 0 Å². The van der Waals surface area contributed by atoms with Gasteiger partial charge in [-0.15, -0.1) is 0 Å². The van der Waals surface area contributed by atoms with Crippen LogP contribution in [0.15, 0.2) is 23.3 Å². The lowest BCUT2D eigenvalue weighted by molar-refractivity contribution is -0.179. The molecule has 4 rings (SSSR count). The number of hydrogen-bond donors (Lipinski definition) is 3. The summed E-state index contributed by atoms with van der Waals surface area (Å²) in [7, 11) is 0. The Morgan fingerprint density at radius 2 is 1.96 bits per heavy atom. The normalized spacial score (nSPS) is 48.9. The van der Waals surface area contributed by atoms with Crippen LogP contribution in [-0.2, 0) is 9.59 Å². The fraction of sp³-hybridized carbons (Fsp3) is 0.727. The van der Waals surface area contributed by atoms with Gasteiger partial charge in [-0.25, -0.2) is 0 Å². The van der Waals surface area contributed by atoms with E-state index < -0.39 is 29.5 Å². The number of fused-ring (bicyclic) bond motifs is 5. The van der Waals surface area contributed by atoms with Gasteiger partial charge in [0, 0.05) is 16.7 Å². The van der Waals surface area contributed by atoms with Crippen LogP contribution in [0.5, 0.6) is 0 Å². The molecular formula is C22H30O5. The summed E-state index contributed by atoms with van der Waals surface area (Å²) >= 11 is 0. The van der Waals surface area contributed by atoms with Crippen LogP contribution in [0.1, 0.15) is 52.9 Å². The first kappa shape index (κ1) is 19.0. The van der Waals surface area contributed by atoms with Crippen molar-refractivity contribution in [3.05, 3.63) is 23.3 Å². The molecule has 0 bridgehead atoms. The second-order valence-electron chi connectivity index (χ2n) is 9.61. The number of allylic oxidation sites excluding steroid dienone is 4. The number of carbonyl (C=O) groups excluding carboxylic acids is 2. The van der Waals surface area contributed by atoms with Crippen molar-refractivity contribution in [1.82, 2.24) is 0 Å². The predicted octanol–water partition coefficient (Wildman–Crippen LogP) is 1.95. The van der Waals surface area contributed by atoms with Crippen LogP contribution in [0.25, 0.3) is 0 Å². The summed E-state index contributed by atoms with van der Waals surface area (Å²) in [5, 5.41) is 31.9. The number of carbonyl (C=O) groups is 2. The maximum Gasteiger partial charge on any atom is 0.190 e. The Labute approximate surface area is 160 Å². The second-order valence-corrected chi connectivity index (χ2v) is 9.61. The molecule has 0 unspecified atom stereocenters. The van der Waals surface area contributed by atoms with Gasteiger partial charge in [0.1, 0.15) is 12.2 Å².